The third-order valence-corrected chi connectivity index (χ3v) is 2.83. The second kappa shape index (κ2) is 6.01. The number of hydrogen-bond donors (Lipinski definition) is 2. The Labute approximate surface area is 111 Å². The third kappa shape index (κ3) is 3.04. The van der Waals surface area contributed by atoms with Crippen LogP contribution in [0.5, 0.6) is 5.75 Å². The van der Waals surface area contributed by atoms with Crippen LogP contribution in [0.2, 0.25) is 0 Å². The summed E-state index contributed by atoms with van der Waals surface area (Å²) in [7, 11) is 1.58. The van der Waals surface area contributed by atoms with Crippen molar-refractivity contribution in [3.8, 4) is 5.75 Å². The van der Waals surface area contributed by atoms with Crippen LogP contribution in [0, 0.1) is 0 Å². The zero-order chi connectivity index (χ0) is 13.8. The van der Waals surface area contributed by atoms with Gasteiger partial charge < -0.3 is 19.3 Å². The number of hydrogen-bond acceptors (Lipinski definition) is 6. The molecule has 2 rings (SSSR count). The van der Waals surface area contributed by atoms with Crippen LogP contribution in [0.4, 0.5) is 0 Å². The number of ether oxygens (including phenoxy) is 3. The Bertz CT molecular complexity index is 433. The zero-order valence-electron chi connectivity index (χ0n) is 10.8. The minimum atomic E-state index is -1.08. The number of carbonyl (C=O) groups excluding carboxylic acids is 1. The number of carbonyl (C=O) groups is 1. The molecule has 6 nitrogen and oxygen atoms in total. The lowest BCUT2D eigenvalue weighted by Crippen LogP contribution is -2.37. The van der Waals surface area contributed by atoms with Crippen molar-refractivity contribution in [3.05, 3.63) is 29.8 Å². The van der Waals surface area contributed by atoms with Crippen molar-refractivity contribution >= 4 is 5.97 Å². The number of rotatable bonds is 4. The van der Waals surface area contributed by atoms with Crippen LogP contribution in [0.1, 0.15) is 18.7 Å². The van der Waals surface area contributed by atoms with E-state index < -0.39 is 24.5 Å². The van der Waals surface area contributed by atoms with E-state index in [1.807, 2.05) is 0 Å². The van der Waals surface area contributed by atoms with Gasteiger partial charge in [0.05, 0.1) is 13.7 Å². The lowest BCUT2D eigenvalue weighted by Gasteiger charge is -2.12. The highest BCUT2D eigenvalue weighted by Crippen LogP contribution is 2.26. The van der Waals surface area contributed by atoms with Gasteiger partial charge in [0.15, 0.2) is 6.10 Å². The summed E-state index contributed by atoms with van der Waals surface area (Å²) in [5.41, 5.74) is 0.798. The first-order chi connectivity index (χ1) is 9.15. The van der Waals surface area contributed by atoms with E-state index in [1.54, 1.807) is 38.3 Å². The summed E-state index contributed by atoms with van der Waals surface area (Å²) in [5, 5.41) is 12.5. The van der Waals surface area contributed by atoms with Gasteiger partial charge in [0, 0.05) is 0 Å². The van der Waals surface area contributed by atoms with Gasteiger partial charge in [-0.3, -0.25) is 5.32 Å². The standard InChI is InChI=1S/C13H17NO5/c1-3-18-13(16)10-11(15)14-12(19-10)8-4-6-9(17-2)7-5-8/h4-7,10-12,14-15H,3H2,1-2H3. The first kappa shape index (κ1) is 13.8. The maximum absolute atomic E-state index is 11.6. The van der Waals surface area contributed by atoms with Crippen molar-refractivity contribution < 1.29 is 24.1 Å². The summed E-state index contributed by atoms with van der Waals surface area (Å²) in [6.07, 6.45) is -2.63. The predicted molar refractivity (Wildman–Crippen MR) is 66.4 cm³/mol. The average Bonchev–Trinajstić information content (AvgIpc) is 2.81. The van der Waals surface area contributed by atoms with Crippen molar-refractivity contribution in [3.63, 3.8) is 0 Å². The summed E-state index contributed by atoms with van der Waals surface area (Å²) in [6.45, 7) is 1.95. The Morgan fingerprint density at radius 3 is 2.68 bits per heavy atom. The molecular weight excluding hydrogens is 250 g/mol. The van der Waals surface area contributed by atoms with E-state index in [0.717, 1.165) is 11.3 Å². The van der Waals surface area contributed by atoms with Crippen LogP contribution in [0.15, 0.2) is 24.3 Å². The van der Waals surface area contributed by atoms with E-state index in [0.29, 0.717) is 0 Å². The van der Waals surface area contributed by atoms with E-state index in [-0.39, 0.29) is 6.61 Å². The lowest BCUT2D eigenvalue weighted by atomic mass is 10.2. The molecule has 3 atom stereocenters. The molecule has 1 aromatic rings. The first-order valence-electron chi connectivity index (χ1n) is 6.06. The van der Waals surface area contributed by atoms with E-state index in [4.69, 9.17) is 14.2 Å². The number of nitrogens with one attached hydrogen (secondary N) is 1. The van der Waals surface area contributed by atoms with Gasteiger partial charge >= 0.3 is 5.97 Å². The molecule has 2 N–H and O–H groups in total. The maximum Gasteiger partial charge on any atom is 0.339 e. The van der Waals surface area contributed by atoms with E-state index >= 15 is 0 Å². The molecule has 0 radical (unpaired) electrons. The second-order valence-corrected chi connectivity index (χ2v) is 4.07. The van der Waals surface area contributed by atoms with Crippen LogP contribution in [0.25, 0.3) is 0 Å². The van der Waals surface area contributed by atoms with Gasteiger partial charge in [0.2, 0.25) is 0 Å². The Morgan fingerprint density at radius 2 is 2.11 bits per heavy atom. The molecule has 0 aliphatic carbocycles. The fraction of sp³-hybridized carbons (Fsp3) is 0.462. The molecule has 0 amide bonds. The molecule has 1 aromatic carbocycles. The van der Waals surface area contributed by atoms with Crippen molar-refractivity contribution in [2.45, 2.75) is 25.5 Å². The Balaban J connectivity index is 2.05. The van der Waals surface area contributed by atoms with E-state index in [2.05, 4.69) is 5.32 Å². The Hall–Kier alpha value is -1.63. The molecule has 104 valence electrons. The lowest BCUT2D eigenvalue weighted by molar-refractivity contribution is -0.159. The van der Waals surface area contributed by atoms with Crippen LogP contribution >= 0.6 is 0 Å². The van der Waals surface area contributed by atoms with E-state index in [9.17, 15) is 9.90 Å². The third-order valence-electron chi connectivity index (χ3n) is 2.83. The quantitative estimate of drug-likeness (QED) is 0.776. The van der Waals surface area contributed by atoms with E-state index in [1.165, 1.54) is 0 Å². The van der Waals surface area contributed by atoms with Gasteiger partial charge in [-0.2, -0.15) is 0 Å². The summed E-state index contributed by atoms with van der Waals surface area (Å²) < 4.78 is 15.4. The van der Waals surface area contributed by atoms with Crippen molar-refractivity contribution in [1.29, 1.82) is 0 Å². The average molecular weight is 267 g/mol. The fourth-order valence-electron chi connectivity index (χ4n) is 1.87. The molecular formula is C13H17NO5. The molecule has 6 heteroatoms. The molecule has 0 spiro atoms. The largest absolute Gasteiger partial charge is 0.497 e. The molecule has 19 heavy (non-hydrogen) atoms. The fourth-order valence-corrected chi connectivity index (χ4v) is 1.87. The van der Waals surface area contributed by atoms with Gasteiger partial charge in [-0.1, -0.05) is 12.1 Å². The molecule has 1 saturated heterocycles. The Kier molecular flexibility index (Phi) is 4.36. The first-order valence-corrected chi connectivity index (χ1v) is 6.06. The number of aliphatic hydroxyl groups excluding tert-OH is 1. The summed E-state index contributed by atoms with van der Waals surface area (Å²) in [4.78, 5) is 11.6. The van der Waals surface area contributed by atoms with Crippen LogP contribution in [0.3, 0.4) is 0 Å². The van der Waals surface area contributed by atoms with Gasteiger partial charge in [0.25, 0.3) is 0 Å². The smallest absolute Gasteiger partial charge is 0.339 e. The number of esters is 1. The molecule has 0 bridgehead atoms. The summed E-state index contributed by atoms with van der Waals surface area (Å²) in [6, 6.07) is 7.17. The highest BCUT2D eigenvalue weighted by molar-refractivity contribution is 5.75. The highest BCUT2D eigenvalue weighted by atomic mass is 16.6. The maximum atomic E-state index is 11.6. The summed E-state index contributed by atoms with van der Waals surface area (Å²) in [5.74, 6) is 0.155. The van der Waals surface area contributed by atoms with Gasteiger partial charge in [-0.25, -0.2) is 4.79 Å². The molecule has 3 unspecified atom stereocenters. The molecule has 0 aromatic heterocycles. The molecule has 0 saturated carbocycles. The molecule has 1 heterocycles. The van der Waals surface area contributed by atoms with Gasteiger partial charge in [-0.05, 0) is 24.6 Å². The van der Waals surface area contributed by atoms with Crippen LogP contribution in [-0.4, -0.2) is 37.1 Å². The molecule has 1 fully saturated rings. The monoisotopic (exact) mass is 267 g/mol. The summed E-state index contributed by atoms with van der Waals surface area (Å²) >= 11 is 0. The van der Waals surface area contributed by atoms with Gasteiger partial charge in [0.1, 0.15) is 18.2 Å². The highest BCUT2D eigenvalue weighted by Gasteiger charge is 2.39. The van der Waals surface area contributed by atoms with Gasteiger partial charge in [-0.15, -0.1) is 0 Å². The van der Waals surface area contributed by atoms with Crippen LogP contribution < -0.4 is 10.1 Å². The topological polar surface area (TPSA) is 77.0 Å². The van der Waals surface area contributed by atoms with Crippen molar-refractivity contribution in [1.82, 2.24) is 5.32 Å². The van der Waals surface area contributed by atoms with Crippen LogP contribution in [-0.2, 0) is 14.3 Å². The number of methoxy groups -OCH3 is 1. The van der Waals surface area contributed by atoms with Crippen molar-refractivity contribution in [2.24, 2.45) is 0 Å². The van der Waals surface area contributed by atoms with Crippen molar-refractivity contribution in [2.75, 3.05) is 13.7 Å². The predicted octanol–water partition coefficient (Wildman–Crippen LogP) is 0.564. The molecule has 1 aliphatic heterocycles. The minimum Gasteiger partial charge on any atom is -0.497 e. The minimum absolute atomic E-state index is 0.249. The number of aliphatic hydroxyl groups is 1. The Morgan fingerprint density at radius 1 is 1.42 bits per heavy atom. The SMILES string of the molecule is CCOC(=O)C1OC(c2ccc(OC)cc2)NC1O. The number of benzene rings is 1. The normalized spacial score (nSPS) is 26.2. The molecule has 1 aliphatic rings. The zero-order valence-corrected chi connectivity index (χ0v) is 10.8. The second-order valence-electron chi connectivity index (χ2n) is 4.07.